The minimum atomic E-state index is -1.15. The van der Waals surface area contributed by atoms with Crippen molar-refractivity contribution in [2.24, 2.45) is 10.9 Å². The summed E-state index contributed by atoms with van der Waals surface area (Å²) in [5.74, 6) is -1.05. The van der Waals surface area contributed by atoms with Crippen LogP contribution in [0, 0.1) is 11.7 Å². The Kier molecular flexibility index (Phi) is 7.88. The number of hydroxylamine groups is 1. The molecule has 0 aliphatic rings. The van der Waals surface area contributed by atoms with Gasteiger partial charge >= 0.3 is 5.97 Å². The Morgan fingerprint density at radius 3 is 2.57 bits per heavy atom. The van der Waals surface area contributed by atoms with Gasteiger partial charge < -0.3 is 9.84 Å². The van der Waals surface area contributed by atoms with Crippen molar-refractivity contribution in [2.75, 3.05) is 12.5 Å². The molecule has 9 heteroatoms. The number of ether oxygens (including phenoxy) is 1. The second-order valence-corrected chi connectivity index (χ2v) is 6.46. The molecule has 0 aliphatic heterocycles. The standard InChI is InChI=1S/C21H25FN4O4/c1-5-13(3)19(14-7-9-16(22)10-8-14)24-18(6-2)26(29)25-20-17(30-4)11-15(12-23-20)21(27)28/h6-13,29H,5H2,1-4H3,(H,23,25)(H,27,28)/b18-6+,24-19+. The number of rotatable bonds is 9. The third-order valence-electron chi connectivity index (χ3n) is 4.46. The molecule has 1 unspecified atom stereocenters. The number of hydrogen-bond donors (Lipinski definition) is 3. The summed E-state index contributed by atoms with van der Waals surface area (Å²) in [6, 6.07) is 7.27. The number of anilines is 1. The smallest absolute Gasteiger partial charge is 0.337 e. The Morgan fingerprint density at radius 1 is 1.37 bits per heavy atom. The van der Waals surface area contributed by atoms with Crippen LogP contribution in [0.4, 0.5) is 10.2 Å². The molecule has 0 radical (unpaired) electrons. The van der Waals surface area contributed by atoms with Crippen LogP contribution in [0.2, 0.25) is 0 Å². The van der Waals surface area contributed by atoms with E-state index >= 15 is 0 Å². The third kappa shape index (κ3) is 5.54. The lowest BCUT2D eigenvalue weighted by atomic mass is 9.96. The average Bonchev–Trinajstić information content (AvgIpc) is 2.74. The minimum absolute atomic E-state index is 0.0429. The summed E-state index contributed by atoms with van der Waals surface area (Å²) >= 11 is 0. The first kappa shape index (κ1) is 22.8. The first-order valence-electron chi connectivity index (χ1n) is 9.34. The van der Waals surface area contributed by atoms with Gasteiger partial charge in [-0.25, -0.2) is 19.2 Å². The Hall–Kier alpha value is -3.46. The van der Waals surface area contributed by atoms with Crippen LogP contribution in [-0.2, 0) is 0 Å². The lowest BCUT2D eigenvalue weighted by Gasteiger charge is -2.22. The number of pyridine rings is 1. The number of nitrogens with one attached hydrogen (secondary N) is 1. The number of allylic oxidation sites excluding steroid dienone is 1. The molecule has 0 fully saturated rings. The lowest BCUT2D eigenvalue weighted by molar-refractivity contribution is -0.0312. The van der Waals surface area contributed by atoms with Gasteiger partial charge in [0.05, 0.1) is 18.4 Å². The number of aromatic nitrogens is 1. The molecular formula is C21H25FN4O4. The van der Waals surface area contributed by atoms with Crippen molar-refractivity contribution in [1.82, 2.24) is 10.2 Å². The first-order valence-corrected chi connectivity index (χ1v) is 9.34. The molecule has 3 N–H and O–H groups in total. The monoisotopic (exact) mass is 416 g/mol. The summed E-state index contributed by atoms with van der Waals surface area (Å²) in [5, 5.41) is 20.3. The molecule has 2 rings (SSSR count). The molecule has 0 spiro atoms. The predicted octanol–water partition coefficient (Wildman–Crippen LogP) is 4.34. The maximum absolute atomic E-state index is 13.3. The average molecular weight is 416 g/mol. The fourth-order valence-electron chi connectivity index (χ4n) is 2.59. The van der Waals surface area contributed by atoms with E-state index in [9.17, 15) is 14.4 Å². The molecule has 0 saturated carbocycles. The van der Waals surface area contributed by atoms with Gasteiger partial charge in [0, 0.05) is 12.3 Å². The highest BCUT2D eigenvalue weighted by molar-refractivity contribution is 6.02. The molecule has 1 atom stereocenters. The fourth-order valence-corrected chi connectivity index (χ4v) is 2.59. The number of hydrogen-bond acceptors (Lipinski definition) is 7. The Labute approximate surface area is 174 Å². The summed E-state index contributed by atoms with van der Waals surface area (Å²) in [6.45, 7) is 5.69. The normalized spacial score (nSPS) is 13.0. The van der Waals surface area contributed by atoms with E-state index in [0.29, 0.717) is 10.9 Å². The summed E-state index contributed by atoms with van der Waals surface area (Å²) in [5.41, 5.74) is 3.98. The van der Waals surface area contributed by atoms with E-state index in [4.69, 9.17) is 9.84 Å². The number of hydrazine groups is 1. The molecule has 0 saturated heterocycles. The molecule has 1 aromatic carbocycles. The number of carboxylic acids is 1. The third-order valence-corrected chi connectivity index (χ3v) is 4.46. The van der Waals surface area contributed by atoms with Crippen LogP contribution in [0.1, 0.15) is 43.1 Å². The van der Waals surface area contributed by atoms with Crippen LogP contribution in [0.25, 0.3) is 0 Å². The molecule has 0 amide bonds. The second-order valence-electron chi connectivity index (χ2n) is 6.46. The van der Waals surface area contributed by atoms with Crippen LogP contribution < -0.4 is 10.2 Å². The van der Waals surface area contributed by atoms with Gasteiger partial charge in [-0.15, -0.1) is 5.17 Å². The van der Waals surface area contributed by atoms with Gasteiger partial charge in [-0.2, -0.15) is 0 Å². The van der Waals surface area contributed by atoms with E-state index in [1.165, 1.54) is 25.3 Å². The van der Waals surface area contributed by atoms with Gasteiger partial charge in [-0.1, -0.05) is 26.0 Å². The maximum Gasteiger partial charge on any atom is 0.337 e. The predicted molar refractivity (Wildman–Crippen MR) is 111 cm³/mol. The van der Waals surface area contributed by atoms with E-state index < -0.39 is 5.97 Å². The Morgan fingerprint density at radius 2 is 2.03 bits per heavy atom. The van der Waals surface area contributed by atoms with Crippen molar-refractivity contribution >= 4 is 17.5 Å². The number of aromatic carboxylic acids is 1. The summed E-state index contributed by atoms with van der Waals surface area (Å²) in [7, 11) is 1.36. The quantitative estimate of drug-likeness (QED) is 0.412. The molecule has 160 valence electrons. The highest BCUT2D eigenvalue weighted by atomic mass is 19.1. The zero-order valence-electron chi connectivity index (χ0n) is 17.3. The van der Waals surface area contributed by atoms with Crippen LogP contribution in [0.15, 0.2) is 53.4 Å². The number of carboxylic acid groups (broad SMARTS) is 1. The van der Waals surface area contributed by atoms with Gasteiger partial charge in [-0.3, -0.25) is 10.6 Å². The van der Waals surface area contributed by atoms with Gasteiger partial charge in [0.15, 0.2) is 17.4 Å². The van der Waals surface area contributed by atoms with Crippen molar-refractivity contribution in [2.45, 2.75) is 27.2 Å². The van der Waals surface area contributed by atoms with Gasteiger partial charge in [0.1, 0.15) is 5.82 Å². The van der Waals surface area contributed by atoms with Crippen LogP contribution in [0.3, 0.4) is 0 Å². The highest BCUT2D eigenvalue weighted by Gasteiger charge is 2.17. The van der Waals surface area contributed by atoms with Gasteiger partial charge in [0.25, 0.3) is 0 Å². The van der Waals surface area contributed by atoms with Crippen molar-refractivity contribution in [3.05, 3.63) is 65.4 Å². The Balaban J connectivity index is 2.35. The molecule has 1 heterocycles. The van der Waals surface area contributed by atoms with Crippen molar-refractivity contribution in [1.29, 1.82) is 0 Å². The van der Waals surface area contributed by atoms with E-state index in [0.717, 1.165) is 18.2 Å². The minimum Gasteiger partial charge on any atom is -0.493 e. The van der Waals surface area contributed by atoms with Gasteiger partial charge in [-0.05, 0) is 43.0 Å². The number of halogens is 1. The van der Waals surface area contributed by atoms with Crippen molar-refractivity contribution in [3.63, 3.8) is 0 Å². The van der Waals surface area contributed by atoms with E-state index in [-0.39, 0.29) is 34.7 Å². The van der Waals surface area contributed by atoms with E-state index in [1.54, 1.807) is 25.1 Å². The molecule has 2 aromatic rings. The maximum atomic E-state index is 13.3. The van der Waals surface area contributed by atoms with Crippen LogP contribution >= 0.6 is 0 Å². The van der Waals surface area contributed by atoms with Crippen molar-refractivity contribution in [3.8, 4) is 5.75 Å². The van der Waals surface area contributed by atoms with E-state index in [1.807, 2.05) is 13.8 Å². The number of aliphatic imine (C=N–C) groups is 1. The SMILES string of the molecule is C/C=C(\N=C(\c1ccc(F)cc1)C(C)CC)N(O)Nc1ncc(C(=O)O)cc1OC. The largest absolute Gasteiger partial charge is 0.493 e. The second kappa shape index (κ2) is 10.4. The topological polar surface area (TPSA) is 107 Å². The summed E-state index contributed by atoms with van der Waals surface area (Å²) in [6.07, 6.45) is 3.51. The number of carbonyl (C=O) groups is 1. The zero-order valence-corrected chi connectivity index (χ0v) is 17.3. The molecule has 0 aliphatic carbocycles. The van der Waals surface area contributed by atoms with E-state index in [2.05, 4.69) is 15.4 Å². The summed E-state index contributed by atoms with van der Waals surface area (Å²) in [4.78, 5) is 19.7. The lowest BCUT2D eigenvalue weighted by Crippen LogP contribution is -2.27. The Bertz CT molecular complexity index is 945. The number of nitrogens with zero attached hydrogens (tertiary/aromatic N) is 3. The fraction of sp³-hybridized carbons (Fsp3) is 0.286. The first-order chi connectivity index (χ1) is 14.3. The number of methoxy groups -OCH3 is 1. The number of benzene rings is 1. The molecule has 0 bridgehead atoms. The van der Waals surface area contributed by atoms with Crippen LogP contribution in [0.5, 0.6) is 5.75 Å². The van der Waals surface area contributed by atoms with Gasteiger partial charge in [0.2, 0.25) is 0 Å². The van der Waals surface area contributed by atoms with Crippen molar-refractivity contribution < 1.29 is 24.2 Å². The molecular weight excluding hydrogens is 391 g/mol. The summed E-state index contributed by atoms with van der Waals surface area (Å²) < 4.78 is 18.5. The highest BCUT2D eigenvalue weighted by Crippen LogP contribution is 2.24. The zero-order chi connectivity index (χ0) is 22.3. The molecule has 8 nitrogen and oxygen atoms in total. The van der Waals surface area contributed by atoms with Crippen LogP contribution in [-0.4, -0.2) is 39.3 Å². The molecule has 1 aromatic heterocycles. The molecule has 30 heavy (non-hydrogen) atoms.